The maximum absolute atomic E-state index is 11.1. The molecule has 5 heteroatoms. The van der Waals surface area contributed by atoms with Crippen LogP contribution in [0, 0.1) is 0 Å². The summed E-state index contributed by atoms with van der Waals surface area (Å²) in [6.07, 6.45) is 1.50. The van der Waals surface area contributed by atoms with Crippen molar-refractivity contribution in [3.05, 3.63) is 25.3 Å². The molecule has 0 spiro atoms. The van der Waals surface area contributed by atoms with Gasteiger partial charge in [0.15, 0.2) is 0 Å². The van der Waals surface area contributed by atoms with Crippen LogP contribution in [0.5, 0.6) is 0 Å². The molecule has 0 rings (SSSR count). The predicted octanol–water partition coefficient (Wildman–Crippen LogP) is 0.0501. The van der Waals surface area contributed by atoms with Gasteiger partial charge in [0.05, 0.1) is 21.1 Å². The SMILES string of the molecule is C=CC(=O)NC(C[N+](C)(C)C)OC(=O)C=C. The second kappa shape index (κ2) is 6.07. The number of rotatable bonds is 6. The van der Waals surface area contributed by atoms with Crippen molar-refractivity contribution < 1.29 is 18.8 Å². The van der Waals surface area contributed by atoms with Crippen LogP contribution in [0.3, 0.4) is 0 Å². The molecule has 1 N–H and O–H groups in total. The third kappa shape index (κ3) is 6.78. The summed E-state index contributed by atoms with van der Waals surface area (Å²) < 4.78 is 5.54. The van der Waals surface area contributed by atoms with E-state index in [0.29, 0.717) is 11.0 Å². The molecule has 1 amide bonds. The predicted molar refractivity (Wildman–Crippen MR) is 61.3 cm³/mol. The maximum Gasteiger partial charge on any atom is 0.332 e. The first-order valence-corrected chi connectivity index (χ1v) is 4.85. The van der Waals surface area contributed by atoms with Crippen LogP contribution < -0.4 is 5.32 Å². The summed E-state index contributed by atoms with van der Waals surface area (Å²) in [7, 11) is 5.78. The zero-order valence-electron chi connectivity index (χ0n) is 10.0. The van der Waals surface area contributed by atoms with Crippen LogP contribution in [0.15, 0.2) is 25.3 Å². The summed E-state index contributed by atoms with van der Waals surface area (Å²) in [4.78, 5) is 22.2. The lowest BCUT2D eigenvalue weighted by Crippen LogP contribution is -2.50. The molecule has 16 heavy (non-hydrogen) atoms. The summed E-state index contributed by atoms with van der Waals surface area (Å²) >= 11 is 0. The highest BCUT2D eigenvalue weighted by Gasteiger charge is 2.22. The Labute approximate surface area is 96.0 Å². The fourth-order valence-electron chi connectivity index (χ4n) is 1.02. The zero-order chi connectivity index (χ0) is 12.8. The van der Waals surface area contributed by atoms with Crippen LogP contribution in [0.25, 0.3) is 0 Å². The molecule has 0 aromatic rings. The quantitative estimate of drug-likeness (QED) is 0.302. The molecule has 0 aliphatic rings. The third-order valence-electron chi connectivity index (χ3n) is 1.63. The molecule has 0 heterocycles. The second-order valence-electron chi connectivity index (χ2n) is 4.32. The van der Waals surface area contributed by atoms with Crippen LogP contribution in [0.2, 0.25) is 0 Å². The van der Waals surface area contributed by atoms with E-state index in [1.165, 1.54) is 0 Å². The van der Waals surface area contributed by atoms with Crippen molar-refractivity contribution in [2.45, 2.75) is 6.23 Å². The van der Waals surface area contributed by atoms with Gasteiger partial charge in [0, 0.05) is 6.08 Å². The minimum atomic E-state index is -0.684. The van der Waals surface area contributed by atoms with E-state index in [1.807, 2.05) is 21.1 Å². The molecule has 0 aliphatic heterocycles. The number of nitrogens with one attached hydrogen (secondary N) is 1. The normalized spacial score (nSPS) is 12.4. The van der Waals surface area contributed by atoms with Gasteiger partial charge < -0.3 is 14.5 Å². The molecule has 0 saturated carbocycles. The third-order valence-corrected chi connectivity index (χ3v) is 1.63. The monoisotopic (exact) mass is 227 g/mol. The number of carbonyl (C=O) groups is 2. The maximum atomic E-state index is 11.1. The highest BCUT2D eigenvalue weighted by molar-refractivity contribution is 5.87. The molecule has 0 aromatic heterocycles. The Morgan fingerprint density at radius 1 is 1.31 bits per heavy atom. The van der Waals surface area contributed by atoms with E-state index in [2.05, 4.69) is 18.5 Å². The summed E-state index contributed by atoms with van der Waals surface area (Å²) in [5.74, 6) is -0.946. The molecular formula is C11H19N2O3+. The van der Waals surface area contributed by atoms with Crippen molar-refractivity contribution >= 4 is 11.9 Å². The summed E-state index contributed by atoms with van der Waals surface area (Å²) in [6.45, 7) is 7.09. The van der Waals surface area contributed by atoms with Gasteiger partial charge in [-0.1, -0.05) is 13.2 Å². The molecule has 0 aromatic carbocycles. The van der Waals surface area contributed by atoms with E-state index in [1.54, 1.807) is 0 Å². The van der Waals surface area contributed by atoms with Crippen molar-refractivity contribution in [3.8, 4) is 0 Å². The number of hydrogen-bond acceptors (Lipinski definition) is 3. The van der Waals surface area contributed by atoms with Gasteiger partial charge >= 0.3 is 5.97 Å². The zero-order valence-corrected chi connectivity index (χ0v) is 10.0. The molecule has 1 unspecified atom stereocenters. The number of ether oxygens (including phenoxy) is 1. The minimum absolute atomic E-state index is 0.379. The smallest absolute Gasteiger partial charge is 0.332 e. The average Bonchev–Trinajstić information content (AvgIpc) is 2.14. The number of carbonyl (C=O) groups excluding carboxylic acids is 2. The molecule has 1 atom stereocenters. The number of quaternary nitrogens is 1. The molecule has 5 nitrogen and oxygen atoms in total. The second-order valence-corrected chi connectivity index (χ2v) is 4.32. The molecule has 0 radical (unpaired) electrons. The lowest BCUT2D eigenvalue weighted by Gasteiger charge is -2.28. The molecule has 0 fully saturated rings. The van der Waals surface area contributed by atoms with Gasteiger partial charge in [-0.2, -0.15) is 0 Å². The van der Waals surface area contributed by atoms with Crippen molar-refractivity contribution in [3.63, 3.8) is 0 Å². The molecule has 0 saturated heterocycles. The van der Waals surface area contributed by atoms with E-state index in [4.69, 9.17) is 4.74 Å². The summed E-state index contributed by atoms with van der Waals surface area (Å²) in [6, 6.07) is 0. The van der Waals surface area contributed by atoms with Gasteiger partial charge in [-0.05, 0) is 6.08 Å². The van der Waals surface area contributed by atoms with Gasteiger partial charge in [0.25, 0.3) is 0 Å². The van der Waals surface area contributed by atoms with E-state index in [-0.39, 0.29) is 5.91 Å². The first-order valence-electron chi connectivity index (χ1n) is 4.85. The van der Waals surface area contributed by atoms with E-state index < -0.39 is 12.2 Å². The molecule has 0 aliphatic carbocycles. The standard InChI is InChI=1S/C11H18N2O3/c1-6-9(14)12-10(8-13(3,4)5)16-11(15)7-2/h6-7,10H,1-2,8H2,3-5H3/p+1. The number of nitrogens with zero attached hydrogens (tertiary/aromatic N) is 1. The molecule has 0 bridgehead atoms. The summed E-state index contributed by atoms with van der Waals surface area (Å²) in [5, 5.41) is 2.52. The van der Waals surface area contributed by atoms with Crippen LogP contribution in [-0.4, -0.2) is 50.3 Å². The topological polar surface area (TPSA) is 55.4 Å². The van der Waals surface area contributed by atoms with Gasteiger partial charge in [-0.15, -0.1) is 0 Å². The first kappa shape index (κ1) is 14.4. The Bertz CT molecular complexity index is 270. The van der Waals surface area contributed by atoms with Crippen LogP contribution in [0.1, 0.15) is 0 Å². The van der Waals surface area contributed by atoms with Crippen LogP contribution in [-0.2, 0) is 14.3 Å². The number of hydrogen-bond donors (Lipinski definition) is 1. The Hall–Kier alpha value is -1.62. The number of likely N-dealkylation sites (N-methyl/N-ethyl adjacent to an activating group) is 1. The Kier molecular flexibility index (Phi) is 5.46. The van der Waals surface area contributed by atoms with Crippen molar-refractivity contribution in [1.29, 1.82) is 0 Å². The fraction of sp³-hybridized carbons (Fsp3) is 0.455. The number of esters is 1. The van der Waals surface area contributed by atoms with Crippen molar-refractivity contribution in [1.82, 2.24) is 5.32 Å². The first-order chi connectivity index (χ1) is 7.28. The Morgan fingerprint density at radius 2 is 1.88 bits per heavy atom. The van der Waals surface area contributed by atoms with Crippen molar-refractivity contribution in [2.75, 3.05) is 27.7 Å². The fourth-order valence-corrected chi connectivity index (χ4v) is 1.02. The van der Waals surface area contributed by atoms with Crippen LogP contribution in [0.4, 0.5) is 0 Å². The molecular weight excluding hydrogens is 208 g/mol. The Balaban J connectivity index is 4.49. The highest BCUT2D eigenvalue weighted by Crippen LogP contribution is 1.98. The lowest BCUT2D eigenvalue weighted by atomic mass is 10.4. The number of amides is 1. The van der Waals surface area contributed by atoms with E-state index in [9.17, 15) is 9.59 Å². The Morgan fingerprint density at radius 3 is 2.25 bits per heavy atom. The van der Waals surface area contributed by atoms with Gasteiger partial charge in [-0.3, -0.25) is 4.79 Å². The average molecular weight is 227 g/mol. The van der Waals surface area contributed by atoms with E-state index >= 15 is 0 Å². The van der Waals surface area contributed by atoms with Gasteiger partial charge in [0.2, 0.25) is 12.1 Å². The van der Waals surface area contributed by atoms with Crippen molar-refractivity contribution in [2.24, 2.45) is 0 Å². The van der Waals surface area contributed by atoms with Gasteiger partial charge in [-0.25, -0.2) is 4.79 Å². The van der Waals surface area contributed by atoms with E-state index in [0.717, 1.165) is 12.2 Å². The molecule has 90 valence electrons. The van der Waals surface area contributed by atoms with Gasteiger partial charge in [0.1, 0.15) is 6.54 Å². The van der Waals surface area contributed by atoms with Crippen LogP contribution >= 0.6 is 0 Å². The lowest BCUT2D eigenvalue weighted by molar-refractivity contribution is -0.873. The minimum Gasteiger partial charge on any atom is -0.432 e. The largest absolute Gasteiger partial charge is 0.432 e. The highest BCUT2D eigenvalue weighted by atomic mass is 16.6. The summed E-state index contributed by atoms with van der Waals surface area (Å²) in [5.41, 5.74) is 0.